The second-order valence-corrected chi connectivity index (χ2v) is 7.14. The van der Waals surface area contributed by atoms with Gasteiger partial charge in [-0.2, -0.15) is 4.37 Å². The number of anilines is 1. The molecule has 0 aliphatic heterocycles. The fourth-order valence-electron chi connectivity index (χ4n) is 3.04. The second-order valence-electron chi connectivity index (χ2n) is 6.51. The largest absolute Gasteiger partial charge is 0.497 e. The van der Waals surface area contributed by atoms with Gasteiger partial charge in [0.25, 0.3) is 0 Å². The lowest BCUT2D eigenvalue weighted by molar-refractivity contribution is 0.0969. The summed E-state index contributed by atoms with van der Waals surface area (Å²) in [5.41, 5.74) is 3.70. The molecular weight excluding hydrogens is 392 g/mol. The molecular formula is C25H24N2O2S. The average Bonchev–Trinajstić information content (AvgIpc) is 3.28. The van der Waals surface area contributed by atoms with Crippen molar-refractivity contribution < 1.29 is 9.53 Å². The van der Waals surface area contributed by atoms with Crippen molar-refractivity contribution in [3.8, 4) is 5.75 Å². The van der Waals surface area contributed by atoms with Crippen molar-refractivity contribution in [1.29, 1.82) is 0 Å². The first-order valence-electron chi connectivity index (χ1n) is 9.57. The highest BCUT2D eigenvalue weighted by Crippen LogP contribution is 2.30. The van der Waals surface area contributed by atoms with Gasteiger partial charge in [0.2, 0.25) is 0 Å². The summed E-state index contributed by atoms with van der Waals surface area (Å²) in [6.45, 7) is 5.82. The first kappa shape index (κ1) is 21.3. The smallest absolute Gasteiger partial charge is 0.192 e. The predicted octanol–water partition coefficient (Wildman–Crippen LogP) is 6.33. The number of aromatic nitrogens is 1. The van der Waals surface area contributed by atoms with Crippen LogP contribution >= 0.6 is 11.5 Å². The van der Waals surface area contributed by atoms with Crippen molar-refractivity contribution in [2.45, 2.75) is 13.0 Å². The van der Waals surface area contributed by atoms with E-state index in [0.29, 0.717) is 11.3 Å². The molecule has 1 unspecified atom stereocenters. The summed E-state index contributed by atoms with van der Waals surface area (Å²) in [5, 5.41) is 5.17. The summed E-state index contributed by atoms with van der Waals surface area (Å²) in [5.74, 6) is 0.668. The number of hydrogen-bond acceptors (Lipinski definition) is 5. The molecule has 2 aromatic carbocycles. The number of ether oxygens (including phenoxy) is 1. The number of Topliss-reactive ketones (excluding diaryl/α,β-unsaturated/α-hetero) is 1. The molecule has 0 spiro atoms. The van der Waals surface area contributed by atoms with Crippen molar-refractivity contribution in [2.24, 2.45) is 0 Å². The van der Waals surface area contributed by atoms with Gasteiger partial charge in [-0.25, -0.2) is 0 Å². The van der Waals surface area contributed by atoms with Crippen LogP contribution in [0.3, 0.4) is 0 Å². The fraction of sp³-hybridized carbons (Fsp3) is 0.120. The third-order valence-corrected chi connectivity index (χ3v) is 5.20. The number of benzene rings is 2. The highest BCUT2D eigenvalue weighted by molar-refractivity contribution is 7.04. The number of carbonyl (C=O) groups is 1. The van der Waals surface area contributed by atoms with Crippen LogP contribution in [0.2, 0.25) is 0 Å². The van der Waals surface area contributed by atoms with E-state index in [1.807, 2.05) is 79.7 Å². The van der Waals surface area contributed by atoms with Gasteiger partial charge in [0.15, 0.2) is 5.78 Å². The molecule has 0 aliphatic rings. The highest BCUT2D eigenvalue weighted by atomic mass is 32.1. The number of rotatable bonds is 9. The minimum atomic E-state index is -0.568. The fourth-order valence-corrected chi connectivity index (χ4v) is 3.74. The first-order chi connectivity index (χ1) is 14.7. The van der Waals surface area contributed by atoms with E-state index in [0.717, 1.165) is 22.6 Å². The molecule has 1 atom stereocenters. The summed E-state index contributed by atoms with van der Waals surface area (Å²) in [6.07, 6.45) is 7.47. The number of methoxy groups -OCH3 is 1. The molecule has 4 nitrogen and oxygen atoms in total. The van der Waals surface area contributed by atoms with E-state index in [4.69, 9.17) is 4.74 Å². The molecule has 0 saturated carbocycles. The molecule has 0 amide bonds. The molecule has 1 N–H and O–H groups in total. The Morgan fingerprint density at radius 2 is 2.00 bits per heavy atom. The van der Waals surface area contributed by atoms with Gasteiger partial charge in [-0.05, 0) is 36.2 Å². The lowest BCUT2D eigenvalue weighted by Crippen LogP contribution is -2.22. The summed E-state index contributed by atoms with van der Waals surface area (Å²) in [6, 6.07) is 16.7. The molecule has 0 fully saturated rings. The van der Waals surface area contributed by atoms with E-state index < -0.39 is 6.04 Å². The van der Waals surface area contributed by atoms with Crippen LogP contribution in [0.5, 0.6) is 5.75 Å². The quantitative estimate of drug-likeness (QED) is 0.327. The average molecular weight is 417 g/mol. The highest BCUT2D eigenvalue weighted by Gasteiger charge is 2.26. The molecule has 0 bridgehead atoms. The van der Waals surface area contributed by atoms with Crippen LogP contribution in [0.1, 0.15) is 34.6 Å². The molecule has 0 radical (unpaired) electrons. The topological polar surface area (TPSA) is 51.2 Å². The van der Waals surface area contributed by atoms with Crippen LogP contribution in [-0.4, -0.2) is 17.3 Å². The summed E-state index contributed by atoms with van der Waals surface area (Å²) >= 11 is 1.27. The van der Waals surface area contributed by atoms with Gasteiger partial charge in [0.05, 0.1) is 18.4 Å². The minimum Gasteiger partial charge on any atom is -0.497 e. The Bertz CT molecular complexity index is 1070. The predicted molar refractivity (Wildman–Crippen MR) is 125 cm³/mol. The minimum absolute atomic E-state index is 0.0546. The molecule has 152 valence electrons. The van der Waals surface area contributed by atoms with Crippen molar-refractivity contribution in [3.05, 3.63) is 108 Å². The van der Waals surface area contributed by atoms with Gasteiger partial charge in [-0.1, -0.05) is 67.3 Å². The molecule has 3 aromatic rings. The Morgan fingerprint density at radius 1 is 1.20 bits per heavy atom. The van der Waals surface area contributed by atoms with Crippen molar-refractivity contribution in [2.75, 3.05) is 12.4 Å². The van der Waals surface area contributed by atoms with Crippen LogP contribution in [0, 0.1) is 0 Å². The molecule has 0 saturated heterocycles. The molecule has 5 heteroatoms. The monoisotopic (exact) mass is 416 g/mol. The van der Waals surface area contributed by atoms with E-state index in [9.17, 15) is 4.79 Å². The maximum atomic E-state index is 13.7. The molecule has 0 aliphatic carbocycles. The maximum Gasteiger partial charge on any atom is 0.192 e. The molecule has 30 heavy (non-hydrogen) atoms. The number of ketones is 1. The standard InChI is InChI=1S/C25H24N2O2S/c1-4-6-11-18(5-2)23-22(17-30-27-23)25(28)24(19-12-8-7-9-13-19)26-20-14-10-15-21(16-20)29-3/h4-17,24,26H,2H2,1,3H3/b6-4-,18-11+. The van der Waals surface area contributed by atoms with Gasteiger partial charge in [0.1, 0.15) is 11.8 Å². The van der Waals surface area contributed by atoms with E-state index >= 15 is 0 Å². The SMILES string of the molecule is C=C/C(=C\C=C/C)c1nscc1C(=O)C(Nc1cccc(OC)c1)c1ccccc1. The zero-order valence-corrected chi connectivity index (χ0v) is 17.9. The number of nitrogens with zero attached hydrogens (tertiary/aromatic N) is 1. The van der Waals surface area contributed by atoms with Crippen molar-refractivity contribution in [3.63, 3.8) is 0 Å². The Morgan fingerprint density at radius 3 is 2.70 bits per heavy atom. The van der Waals surface area contributed by atoms with Crippen molar-refractivity contribution >= 4 is 28.6 Å². The summed E-state index contributed by atoms with van der Waals surface area (Å²) < 4.78 is 9.79. The van der Waals surface area contributed by atoms with E-state index in [2.05, 4.69) is 16.3 Å². The van der Waals surface area contributed by atoms with E-state index in [1.54, 1.807) is 18.6 Å². The Labute approximate surface area is 181 Å². The maximum absolute atomic E-state index is 13.7. The van der Waals surface area contributed by atoms with Crippen molar-refractivity contribution in [1.82, 2.24) is 4.37 Å². The molecule has 1 aromatic heterocycles. The van der Waals surface area contributed by atoms with Gasteiger partial charge in [-0.15, -0.1) is 0 Å². The third-order valence-electron chi connectivity index (χ3n) is 4.57. The van der Waals surface area contributed by atoms with E-state index in [1.165, 1.54) is 11.5 Å². The van der Waals surface area contributed by atoms with Gasteiger partial charge in [0, 0.05) is 22.7 Å². The van der Waals surface area contributed by atoms with Gasteiger partial charge >= 0.3 is 0 Å². The number of nitrogens with one attached hydrogen (secondary N) is 1. The number of hydrogen-bond donors (Lipinski definition) is 1. The van der Waals surface area contributed by atoms with Crippen LogP contribution in [-0.2, 0) is 0 Å². The molecule has 3 rings (SSSR count). The zero-order chi connectivity index (χ0) is 21.3. The Hall–Kier alpha value is -3.44. The lowest BCUT2D eigenvalue weighted by atomic mass is 9.95. The van der Waals surface area contributed by atoms with Crippen LogP contribution in [0.4, 0.5) is 5.69 Å². The third kappa shape index (κ3) is 4.93. The normalized spacial score (nSPS) is 12.5. The molecule has 1 heterocycles. The lowest BCUT2D eigenvalue weighted by Gasteiger charge is -2.20. The van der Waals surface area contributed by atoms with Crippen LogP contribution in [0.15, 0.2) is 90.9 Å². The summed E-state index contributed by atoms with van der Waals surface area (Å²) in [4.78, 5) is 13.7. The number of carbonyl (C=O) groups excluding carboxylic acids is 1. The first-order valence-corrected chi connectivity index (χ1v) is 10.4. The number of allylic oxidation sites excluding steroid dienone is 5. The van der Waals surface area contributed by atoms with E-state index in [-0.39, 0.29) is 5.78 Å². The van der Waals surface area contributed by atoms with Gasteiger partial charge in [-0.3, -0.25) is 4.79 Å². The van der Waals surface area contributed by atoms with Crippen LogP contribution in [0.25, 0.3) is 5.57 Å². The second kappa shape index (κ2) is 10.4. The Kier molecular flexibility index (Phi) is 7.35. The van der Waals surface area contributed by atoms with Crippen LogP contribution < -0.4 is 10.1 Å². The van der Waals surface area contributed by atoms with Gasteiger partial charge < -0.3 is 10.1 Å². The Balaban J connectivity index is 2.02. The summed E-state index contributed by atoms with van der Waals surface area (Å²) in [7, 11) is 1.62. The zero-order valence-electron chi connectivity index (χ0n) is 17.0.